The fourth-order valence-electron chi connectivity index (χ4n) is 3.85. The first-order valence-corrected chi connectivity index (χ1v) is 9.66. The Morgan fingerprint density at radius 3 is 2.96 bits per heavy atom. The summed E-state index contributed by atoms with van der Waals surface area (Å²) in [5, 5.41) is 12.0. The van der Waals surface area contributed by atoms with E-state index in [2.05, 4.69) is 50.1 Å². The molecule has 0 amide bonds. The monoisotopic (exact) mass is 365 g/mol. The average Bonchev–Trinajstić information content (AvgIpc) is 3.37. The molecule has 0 radical (unpaired) electrons. The number of H-pyrrole nitrogens is 1. The zero-order chi connectivity index (χ0) is 17.7. The van der Waals surface area contributed by atoms with Crippen molar-refractivity contribution in [3.05, 3.63) is 57.1 Å². The van der Waals surface area contributed by atoms with Gasteiger partial charge in [-0.1, -0.05) is 12.1 Å². The van der Waals surface area contributed by atoms with E-state index in [-0.39, 0.29) is 11.7 Å². The minimum absolute atomic E-state index is 0.206. The maximum absolute atomic E-state index is 12.3. The third kappa shape index (κ3) is 2.56. The smallest absolute Gasteiger partial charge is 0.326 e. The Morgan fingerprint density at radius 2 is 2.19 bits per heavy atom. The molecular formula is C19H19N5OS. The quantitative estimate of drug-likeness (QED) is 0.584. The number of aromatic nitrogens is 3. The Bertz CT molecular complexity index is 1140. The summed E-state index contributed by atoms with van der Waals surface area (Å²) in [6.45, 7) is 2.74. The molecule has 3 N–H and O–H groups in total. The Kier molecular flexibility index (Phi) is 3.66. The Balaban J connectivity index is 1.71. The van der Waals surface area contributed by atoms with Gasteiger partial charge in [-0.2, -0.15) is 16.4 Å². The summed E-state index contributed by atoms with van der Waals surface area (Å²) in [7, 11) is 0. The molecule has 0 aliphatic carbocycles. The zero-order valence-electron chi connectivity index (χ0n) is 14.2. The van der Waals surface area contributed by atoms with Crippen LogP contribution in [0.3, 0.4) is 0 Å². The zero-order valence-corrected chi connectivity index (χ0v) is 15.0. The number of nitrogens with two attached hydrogens (primary N) is 1. The Morgan fingerprint density at radius 1 is 1.27 bits per heavy atom. The van der Waals surface area contributed by atoms with Crippen LogP contribution >= 0.6 is 11.3 Å². The topological polar surface area (TPSA) is 79.4 Å². The van der Waals surface area contributed by atoms with Crippen LogP contribution in [0, 0.1) is 0 Å². The maximum Gasteiger partial charge on any atom is 0.348 e. The second-order valence-electron chi connectivity index (χ2n) is 6.92. The second-order valence-corrected chi connectivity index (χ2v) is 7.70. The number of nitrogens with zero attached hydrogens (tertiary/aromatic N) is 3. The number of pyridine rings is 1. The molecule has 5 rings (SSSR count). The van der Waals surface area contributed by atoms with Crippen LogP contribution in [0.2, 0.25) is 0 Å². The molecule has 7 heteroatoms. The molecule has 0 spiro atoms. The predicted octanol–water partition coefficient (Wildman–Crippen LogP) is 2.44. The van der Waals surface area contributed by atoms with E-state index < -0.39 is 0 Å². The van der Waals surface area contributed by atoms with E-state index >= 15 is 0 Å². The number of fused-ring (bicyclic) bond motifs is 3. The van der Waals surface area contributed by atoms with Crippen LogP contribution < -0.4 is 11.4 Å². The first-order chi connectivity index (χ1) is 12.7. The second kappa shape index (κ2) is 6.05. The molecular weight excluding hydrogens is 346 g/mol. The summed E-state index contributed by atoms with van der Waals surface area (Å²) >= 11 is 1.67. The lowest BCUT2D eigenvalue weighted by molar-refractivity contribution is 0.328. The Labute approximate surface area is 153 Å². The average molecular weight is 365 g/mol. The van der Waals surface area contributed by atoms with E-state index in [0.29, 0.717) is 5.65 Å². The van der Waals surface area contributed by atoms with Gasteiger partial charge < -0.3 is 5.73 Å². The molecule has 3 aromatic heterocycles. The standard InChI is InChI=1S/C19H19N5OS/c20-15-3-5-23(10-15)9-14-8-18-21-22-19(25)24(18)17-7-12(1-2-16(14)17)13-4-6-26-11-13/h1-2,4,6-8,11,15H,3,5,9-10,20H2,(H,22,25)/t15-/m0/s1. The van der Waals surface area contributed by atoms with Crippen LogP contribution in [-0.4, -0.2) is 38.6 Å². The number of benzene rings is 1. The van der Waals surface area contributed by atoms with Gasteiger partial charge in [0, 0.05) is 31.1 Å². The summed E-state index contributed by atoms with van der Waals surface area (Å²) in [5.74, 6) is 0. The van der Waals surface area contributed by atoms with Crippen LogP contribution in [-0.2, 0) is 6.54 Å². The van der Waals surface area contributed by atoms with Gasteiger partial charge in [0.25, 0.3) is 0 Å². The van der Waals surface area contributed by atoms with Crippen LogP contribution in [0.5, 0.6) is 0 Å². The van der Waals surface area contributed by atoms with Gasteiger partial charge in [0.2, 0.25) is 0 Å². The molecule has 1 saturated heterocycles. The summed E-state index contributed by atoms with van der Waals surface area (Å²) in [4.78, 5) is 14.7. The number of nitrogens with one attached hydrogen (secondary N) is 1. The van der Waals surface area contributed by atoms with E-state index in [9.17, 15) is 4.79 Å². The summed E-state index contributed by atoms with van der Waals surface area (Å²) < 4.78 is 1.66. The first kappa shape index (κ1) is 15.7. The molecule has 4 aromatic rings. The van der Waals surface area contributed by atoms with Crippen LogP contribution in [0.4, 0.5) is 0 Å². The first-order valence-electron chi connectivity index (χ1n) is 8.72. The fraction of sp³-hybridized carbons (Fsp3) is 0.263. The number of likely N-dealkylation sites (tertiary alicyclic amines) is 1. The highest BCUT2D eigenvalue weighted by molar-refractivity contribution is 7.08. The van der Waals surface area contributed by atoms with Crippen molar-refractivity contribution < 1.29 is 0 Å². The number of thiophene rings is 1. The van der Waals surface area contributed by atoms with Gasteiger partial charge in [-0.05, 0) is 52.1 Å². The van der Waals surface area contributed by atoms with Crippen molar-refractivity contribution in [2.75, 3.05) is 13.1 Å². The molecule has 132 valence electrons. The molecule has 1 aliphatic rings. The van der Waals surface area contributed by atoms with Crippen molar-refractivity contribution in [1.29, 1.82) is 0 Å². The van der Waals surface area contributed by atoms with Crippen molar-refractivity contribution in [2.45, 2.75) is 19.0 Å². The molecule has 0 saturated carbocycles. The minimum Gasteiger partial charge on any atom is -0.326 e. The normalized spacial score (nSPS) is 18.3. The number of hydrogen-bond donors (Lipinski definition) is 2. The molecule has 4 heterocycles. The summed E-state index contributed by atoms with van der Waals surface area (Å²) in [5.41, 5.74) is 10.8. The summed E-state index contributed by atoms with van der Waals surface area (Å²) in [6.07, 6.45) is 1.03. The van der Waals surface area contributed by atoms with Gasteiger partial charge in [0.05, 0.1) is 5.52 Å². The van der Waals surface area contributed by atoms with E-state index in [1.54, 1.807) is 15.7 Å². The molecule has 0 bridgehead atoms. The van der Waals surface area contributed by atoms with E-state index in [1.165, 1.54) is 5.56 Å². The lowest BCUT2D eigenvalue weighted by Gasteiger charge is -2.17. The molecule has 1 aliphatic heterocycles. The van der Waals surface area contributed by atoms with Crippen LogP contribution in [0.1, 0.15) is 12.0 Å². The molecule has 1 atom stereocenters. The van der Waals surface area contributed by atoms with Crippen molar-refractivity contribution >= 4 is 27.9 Å². The highest BCUT2D eigenvalue weighted by Crippen LogP contribution is 2.29. The number of rotatable bonds is 3. The number of aromatic amines is 1. The largest absolute Gasteiger partial charge is 0.348 e. The number of hydrogen-bond acceptors (Lipinski definition) is 5. The van der Waals surface area contributed by atoms with Crippen molar-refractivity contribution in [3.8, 4) is 11.1 Å². The third-order valence-electron chi connectivity index (χ3n) is 5.14. The Hall–Kier alpha value is -2.48. The van der Waals surface area contributed by atoms with E-state index in [0.717, 1.165) is 48.1 Å². The molecule has 26 heavy (non-hydrogen) atoms. The molecule has 0 unspecified atom stereocenters. The highest BCUT2D eigenvalue weighted by Gasteiger charge is 2.21. The van der Waals surface area contributed by atoms with Gasteiger partial charge in [-0.3, -0.25) is 4.90 Å². The predicted molar refractivity (Wildman–Crippen MR) is 105 cm³/mol. The lowest BCUT2D eigenvalue weighted by atomic mass is 10.0. The van der Waals surface area contributed by atoms with Crippen molar-refractivity contribution in [1.82, 2.24) is 19.5 Å². The SMILES string of the molecule is N[C@H]1CCN(Cc2cc3n[nH]c(=O)n3c3cc(-c4ccsc4)ccc23)C1. The van der Waals surface area contributed by atoms with Crippen LogP contribution in [0.15, 0.2) is 45.9 Å². The third-order valence-corrected chi connectivity index (χ3v) is 5.83. The molecule has 1 aromatic carbocycles. The van der Waals surface area contributed by atoms with Gasteiger partial charge in [0.15, 0.2) is 5.65 Å². The van der Waals surface area contributed by atoms with Gasteiger partial charge in [-0.15, -0.1) is 0 Å². The van der Waals surface area contributed by atoms with E-state index in [1.807, 2.05) is 6.07 Å². The van der Waals surface area contributed by atoms with E-state index in [4.69, 9.17) is 5.73 Å². The van der Waals surface area contributed by atoms with Crippen LogP contribution in [0.25, 0.3) is 27.7 Å². The minimum atomic E-state index is -0.206. The fourth-order valence-corrected chi connectivity index (χ4v) is 4.51. The highest BCUT2D eigenvalue weighted by atomic mass is 32.1. The van der Waals surface area contributed by atoms with Crippen molar-refractivity contribution in [3.63, 3.8) is 0 Å². The summed E-state index contributed by atoms with van der Waals surface area (Å²) in [6, 6.07) is 10.7. The van der Waals surface area contributed by atoms with Gasteiger partial charge in [-0.25, -0.2) is 14.3 Å². The molecule has 6 nitrogen and oxygen atoms in total. The molecule has 1 fully saturated rings. The van der Waals surface area contributed by atoms with Gasteiger partial charge in [0.1, 0.15) is 0 Å². The van der Waals surface area contributed by atoms with Crippen molar-refractivity contribution in [2.24, 2.45) is 5.73 Å². The van der Waals surface area contributed by atoms with Gasteiger partial charge >= 0.3 is 5.69 Å². The lowest BCUT2D eigenvalue weighted by Crippen LogP contribution is -2.26. The maximum atomic E-state index is 12.3.